The van der Waals surface area contributed by atoms with Gasteiger partial charge in [0.1, 0.15) is 5.75 Å². The smallest absolute Gasteiger partial charge is 0.342 e. The molecule has 1 aromatic heterocycles. The van der Waals surface area contributed by atoms with Crippen LogP contribution in [0.15, 0.2) is 47.3 Å². The minimum absolute atomic E-state index is 0.320. The number of ether oxygens (including phenoxy) is 1. The minimum Gasteiger partial charge on any atom is -0.496 e. The van der Waals surface area contributed by atoms with Gasteiger partial charge < -0.3 is 9.72 Å². The molecule has 0 saturated carbocycles. The van der Waals surface area contributed by atoms with Crippen molar-refractivity contribution in [2.45, 2.75) is 6.92 Å². The number of fused-ring (bicyclic) bond motifs is 1. The number of nitro groups is 1. The molecule has 0 bridgehead atoms. The van der Waals surface area contributed by atoms with Gasteiger partial charge in [0.15, 0.2) is 0 Å². The van der Waals surface area contributed by atoms with Crippen LogP contribution in [0.1, 0.15) is 5.56 Å². The lowest BCUT2D eigenvalue weighted by molar-refractivity contribution is -0.385. The van der Waals surface area contributed by atoms with E-state index in [4.69, 9.17) is 4.74 Å². The van der Waals surface area contributed by atoms with Crippen molar-refractivity contribution in [1.82, 2.24) is 4.98 Å². The molecule has 6 heteroatoms. The predicted molar refractivity (Wildman–Crippen MR) is 87.9 cm³/mol. The van der Waals surface area contributed by atoms with Gasteiger partial charge in [-0.25, -0.2) is 0 Å². The van der Waals surface area contributed by atoms with Crippen molar-refractivity contribution in [3.05, 3.63) is 68.5 Å². The summed E-state index contributed by atoms with van der Waals surface area (Å²) < 4.78 is 5.22. The number of para-hydroxylation sites is 1. The molecule has 6 nitrogen and oxygen atoms in total. The summed E-state index contributed by atoms with van der Waals surface area (Å²) in [5, 5.41) is 12.1. The Morgan fingerprint density at radius 2 is 1.91 bits per heavy atom. The third-order valence-corrected chi connectivity index (χ3v) is 3.76. The van der Waals surface area contributed by atoms with Crippen LogP contribution in [0.4, 0.5) is 5.69 Å². The van der Waals surface area contributed by atoms with Crippen molar-refractivity contribution in [3.63, 3.8) is 0 Å². The Hall–Kier alpha value is -3.15. The van der Waals surface area contributed by atoms with Crippen LogP contribution in [-0.2, 0) is 0 Å². The molecule has 1 heterocycles. The SMILES string of the molecule is COc1ccc(-c2c([N+](=O)[O-])c(=O)[nH]c3ccccc23)cc1C. The highest BCUT2D eigenvalue weighted by Crippen LogP contribution is 2.35. The number of pyridine rings is 1. The van der Waals surface area contributed by atoms with E-state index in [2.05, 4.69) is 4.98 Å². The fraction of sp³-hybridized carbons (Fsp3) is 0.118. The molecule has 0 aliphatic carbocycles. The lowest BCUT2D eigenvalue weighted by atomic mass is 9.98. The van der Waals surface area contributed by atoms with E-state index in [0.717, 1.165) is 5.56 Å². The van der Waals surface area contributed by atoms with Gasteiger partial charge in [0.25, 0.3) is 0 Å². The van der Waals surface area contributed by atoms with Crippen molar-refractivity contribution >= 4 is 16.6 Å². The first-order valence-corrected chi connectivity index (χ1v) is 6.97. The summed E-state index contributed by atoms with van der Waals surface area (Å²) in [6.45, 7) is 1.85. The van der Waals surface area contributed by atoms with Crippen LogP contribution in [0, 0.1) is 17.0 Å². The van der Waals surface area contributed by atoms with Crippen molar-refractivity contribution in [3.8, 4) is 16.9 Å². The summed E-state index contributed by atoms with van der Waals surface area (Å²) in [4.78, 5) is 25.5. The number of aryl methyl sites for hydroxylation is 1. The largest absolute Gasteiger partial charge is 0.496 e. The number of nitrogens with zero attached hydrogens (tertiary/aromatic N) is 1. The molecule has 0 aliphatic heterocycles. The normalized spacial score (nSPS) is 10.7. The van der Waals surface area contributed by atoms with Crippen molar-refractivity contribution < 1.29 is 9.66 Å². The van der Waals surface area contributed by atoms with E-state index < -0.39 is 16.2 Å². The van der Waals surface area contributed by atoms with E-state index >= 15 is 0 Å². The van der Waals surface area contributed by atoms with Crippen molar-refractivity contribution in [2.24, 2.45) is 0 Å². The fourth-order valence-corrected chi connectivity index (χ4v) is 2.73. The molecule has 0 amide bonds. The van der Waals surface area contributed by atoms with Gasteiger partial charge in [0.05, 0.1) is 17.6 Å². The number of benzene rings is 2. The van der Waals surface area contributed by atoms with Crippen molar-refractivity contribution in [1.29, 1.82) is 0 Å². The minimum atomic E-state index is -0.711. The van der Waals surface area contributed by atoms with Crippen LogP contribution in [0.5, 0.6) is 5.75 Å². The Labute approximate surface area is 131 Å². The van der Waals surface area contributed by atoms with E-state index in [0.29, 0.717) is 27.8 Å². The van der Waals surface area contributed by atoms with E-state index in [1.165, 1.54) is 0 Å². The molecule has 23 heavy (non-hydrogen) atoms. The number of hydrogen-bond donors (Lipinski definition) is 1. The first-order valence-electron chi connectivity index (χ1n) is 6.97. The summed E-state index contributed by atoms with van der Waals surface area (Å²) in [5.41, 5.74) is 1.16. The van der Waals surface area contributed by atoms with Gasteiger partial charge in [-0.05, 0) is 36.2 Å². The summed E-state index contributed by atoms with van der Waals surface area (Å²) in [7, 11) is 1.56. The second-order valence-corrected chi connectivity index (χ2v) is 5.16. The molecule has 0 radical (unpaired) electrons. The molecule has 0 saturated heterocycles. The average molecular weight is 310 g/mol. The fourth-order valence-electron chi connectivity index (χ4n) is 2.73. The highest BCUT2D eigenvalue weighted by molar-refractivity contribution is 5.99. The lowest BCUT2D eigenvalue weighted by Crippen LogP contribution is -2.13. The number of hydrogen-bond acceptors (Lipinski definition) is 4. The molecule has 0 aliphatic rings. The van der Waals surface area contributed by atoms with Gasteiger partial charge >= 0.3 is 11.2 Å². The Kier molecular flexibility index (Phi) is 3.57. The molecule has 0 atom stereocenters. The van der Waals surface area contributed by atoms with Crippen LogP contribution in [0.3, 0.4) is 0 Å². The van der Waals surface area contributed by atoms with Crippen LogP contribution in [-0.4, -0.2) is 17.0 Å². The predicted octanol–water partition coefficient (Wildman–Crippen LogP) is 3.42. The van der Waals surface area contributed by atoms with Gasteiger partial charge in [-0.1, -0.05) is 24.3 Å². The van der Waals surface area contributed by atoms with Gasteiger partial charge in [-0.2, -0.15) is 0 Å². The van der Waals surface area contributed by atoms with Crippen molar-refractivity contribution in [2.75, 3.05) is 7.11 Å². The molecule has 0 spiro atoms. The average Bonchev–Trinajstić information content (AvgIpc) is 2.53. The molecule has 3 aromatic rings. The van der Waals surface area contributed by atoms with Gasteiger partial charge in [0, 0.05) is 10.9 Å². The first kappa shape index (κ1) is 14.8. The summed E-state index contributed by atoms with van der Waals surface area (Å²) in [6.07, 6.45) is 0. The van der Waals surface area contributed by atoms with E-state index in [9.17, 15) is 14.9 Å². The molecule has 3 rings (SSSR count). The highest BCUT2D eigenvalue weighted by Gasteiger charge is 2.24. The second-order valence-electron chi connectivity index (χ2n) is 5.16. The second kappa shape index (κ2) is 5.57. The molecule has 0 fully saturated rings. The number of nitrogens with one attached hydrogen (secondary N) is 1. The third kappa shape index (κ3) is 2.44. The van der Waals surface area contributed by atoms with Crippen LogP contribution in [0.2, 0.25) is 0 Å². The van der Waals surface area contributed by atoms with Crippen LogP contribution >= 0.6 is 0 Å². The third-order valence-electron chi connectivity index (χ3n) is 3.76. The molecule has 116 valence electrons. The zero-order valence-corrected chi connectivity index (χ0v) is 12.6. The zero-order chi connectivity index (χ0) is 16.6. The van der Waals surface area contributed by atoms with E-state index in [-0.39, 0.29) is 0 Å². The van der Waals surface area contributed by atoms with E-state index in [1.807, 2.05) is 6.92 Å². The quantitative estimate of drug-likeness (QED) is 0.593. The maximum absolute atomic E-state index is 12.2. The number of methoxy groups -OCH3 is 1. The van der Waals surface area contributed by atoms with Crippen LogP contribution in [0.25, 0.3) is 22.0 Å². The number of aromatic amines is 1. The standard InChI is InChI=1S/C17H14N2O4/c1-10-9-11(7-8-14(10)23-2)15-12-5-3-4-6-13(12)18-17(20)16(15)19(21)22/h3-9H,1-2H3,(H,18,20). The summed E-state index contributed by atoms with van der Waals surface area (Å²) in [5.74, 6) is 0.686. The highest BCUT2D eigenvalue weighted by atomic mass is 16.6. The molecule has 0 unspecified atom stereocenters. The molecule has 2 aromatic carbocycles. The maximum Gasteiger partial charge on any atom is 0.342 e. The summed E-state index contributed by atoms with van der Waals surface area (Å²) >= 11 is 0. The monoisotopic (exact) mass is 310 g/mol. The zero-order valence-electron chi connectivity index (χ0n) is 12.6. The lowest BCUT2D eigenvalue weighted by Gasteiger charge is -2.10. The van der Waals surface area contributed by atoms with Gasteiger partial charge in [-0.3, -0.25) is 14.9 Å². The Bertz CT molecular complexity index is 976. The van der Waals surface area contributed by atoms with Crippen LogP contribution < -0.4 is 10.3 Å². The van der Waals surface area contributed by atoms with E-state index in [1.54, 1.807) is 49.6 Å². The molecule has 1 N–H and O–H groups in total. The number of rotatable bonds is 3. The maximum atomic E-state index is 12.2. The van der Waals surface area contributed by atoms with Gasteiger partial charge in [-0.15, -0.1) is 0 Å². The Morgan fingerprint density at radius 1 is 1.17 bits per heavy atom. The van der Waals surface area contributed by atoms with Gasteiger partial charge in [0.2, 0.25) is 0 Å². The molecular formula is C17H14N2O4. The summed E-state index contributed by atoms with van der Waals surface area (Å²) in [6, 6.07) is 12.3. The number of aromatic nitrogens is 1. The topological polar surface area (TPSA) is 85.2 Å². The molecular weight excluding hydrogens is 296 g/mol. The Morgan fingerprint density at radius 3 is 2.57 bits per heavy atom. The number of H-pyrrole nitrogens is 1. The Balaban J connectivity index is 2.43. The first-order chi connectivity index (χ1) is 11.0.